The van der Waals surface area contributed by atoms with Crippen molar-refractivity contribution in [3.8, 4) is 0 Å². The van der Waals surface area contributed by atoms with Crippen LogP contribution in [-0.4, -0.2) is 65.5 Å². The molecular formula is C21H32FN3O3. The molecule has 1 fully saturated rings. The van der Waals surface area contributed by atoms with Gasteiger partial charge in [0, 0.05) is 19.1 Å². The fraction of sp³-hybridized carbons (Fsp3) is 0.619. The molecule has 0 saturated carbocycles. The van der Waals surface area contributed by atoms with E-state index in [4.69, 9.17) is 5.11 Å². The van der Waals surface area contributed by atoms with Crippen LogP contribution >= 0.6 is 0 Å². The van der Waals surface area contributed by atoms with Crippen LogP contribution in [0.15, 0.2) is 24.3 Å². The molecule has 1 aromatic rings. The van der Waals surface area contributed by atoms with Crippen LogP contribution in [0.2, 0.25) is 0 Å². The quantitative estimate of drug-likeness (QED) is 0.674. The van der Waals surface area contributed by atoms with Gasteiger partial charge in [-0.3, -0.25) is 19.4 Å². The van der Waals surface area contributed by atoms with E-state index >= 15 is 0 Å². The zero-order valence-corrected chi connectivity index (χ0v) is 17.0. The van der Waals surface area contributed by atoms with E-state index in [1.807, 2.05) is 25.7 Å². The van der Waals surface area contributed by atoms with Crippen LogP contribution in [-0.2, 0) is 9.59 Å². The SMILES string of the molecule is CCN(CC(=O)O)C1CCN(CC(=O)NC(c2ccc(F)cc2)C(C)C)CC1. The molecule has 2 rings (SSSR count). The second kappa shape index (κ2) is 10.5. The van der Waals surface area contributed by atoms with Gasteiger partial charge in [-0.25, -0.2) is 4.39 Å². The number of hydrogen-bond donors (Lipinski definition) is 2. The molecule has 6 nitrogen and oxygen atoms in total. The highest BCUT2D eigenvalue weighted by atomic mass is 19.1. The molecule has 156 valence electrons. The molecule has 1 aliphatic rings. The van der Waals surface area contributed by atoms with E-state index in [1.54, 1.807) is 12.1 Å². The summed E-state index contributed by atoms with van der Waals surface area (Å²) in [5.74, 6) is -0.942. The zero-order valence-electron chi connectivity index (χ0n) is 17.0. The van der Waals surface area contributed by atoms with Gasteiger partial charge in [-0.2, -0.15) is 0 Å². The molecule has 0 spiro atoms. The van der Waals surface area contributed by atoms with Crippen LogP contribution in [0.1, 0.15) is 45.2 Å². The van der Waals surface area contributed by atoms with Crippen LogP contribution in [0.5, 0.6) is 0 Å². The molecule has 1 aliphatic heterocycles. The topological polar surface area (TPSA) is 72.9 Å². The number of piperidine rings is 1. The standard InChI is InChI=1S/C21H32FN3O3/c1-4-25(14-20(27)28)18-9-11-24(12-10-18)13-19(26)23-21(15(2)3)16-5-7-17(22)8-6-16/h5-8,15,18,21H,4,9-14H2,1-3H3,(H,23,26)(H,27,28). The average Bonchev–Trinajstić information content (AvgIpc) is 2.65. The number of likely N-dealkylation sites (N-methyl/N-ethyl adjacent to an activating group) is 1. The van der Waals surface area contributed by atoms with E-state index in [2.05, 4.69) is 10.2 Å². The number of rotatable bonds is 9. The van der Waals surface area contributed by atoms with Crippen molar-refractivity contribution < 1.29 is 19.1 Å². The summed E-state index contributed by atoms with van der Waals surface area (Å²) in [6, 6.07) is 6.36. The third-order valence-corrected chi connectivity index (χ3v) is 5.40. The fourth-order valence-corrected chi connectivity index (χ4v) is 3.84. The lowest BCUT2D eigenvalue weighted by Gasteiger charge is -2.37. The Balaban J connectivity index is 1.86. The summed E-state index contributed by atoms with van der Waals surface area (Å²) in [7, 11) is 0. The summed E-state index contributed by atoms with van der Waals surface area (Å²) in [5, 5.41) is 12.1. The number of aliphatic carboxylic acids is 1. The summed E-state index contributed by atoms with van der Waals surface area (Å²) in [6.45, 7) is 8.68. The first kappa shape index (κ1) is 22.3. The normalized spacial score (nSPS) is 17.1. The minimum absolute atomic E-state index is 0.0423. The molecule has 1 atom stereocenters. The monoisotopic (exact) mass is 393 g/mol. The molecular weight excluding hydrogens is 361 g/mol. The van der Waals surface area contributed by atoms with Gasteiger partial charge in [-0.1, -0.05) is 32.9 Å². The molecule has 7 heteroatoms. The van der Waals surface area contributed by atoms with Crippen LogP contribution in [0.25, 0.3) is 0 Å². The minimum atomic E-state index is -0.802. The van der Waals surface area contributed by atoms with Gasteiger partial charge in [0.2, 0.25) is 5.91 Å². The molecule has 1 unspecified atom stereocenters. The Bertz CT molecular complexity index is 643. The van der Waals surface area contributed by atoms with Crippen molar-refractivity contribution in [1.82, 2.24) is 15.1 Å². The average molecular weight is 394 g/mol. The van der Waals surface area contributed by atoms with Crippen LogP contribution < -0.4 is 5.32 Å². The smallest absolute Gasteiger partial charge is 0.317 e. The largest absolute Gasteiger partial charge is 0.480 e. The lowest BCUT2D eigenvalue weighted by Crippen LogP contribution is -2.49. The number of amides is 1. The van der Waals surface area contributed by atoms with Gasteiger partial charge in [-0.15, -0.1) is 0 Å². The molecule has 1 amide bonds. The number of carboxylic acid groups (broad SMARTS) is 1. The van der Waals surface area contributed by atoms with Crippen molar-refractivity contribution in [3.05, 3.63) is 35.6 Å². The van der Waals surface area contributed by atoms with Gasteiger partial charge >= 0.3 is 5.97 Å². The van der Waals surface area contributed by atoms with Crippen molar-refractivity contribution in [2.45, 2.75) is 45.7 Å². The van der Waals surface area contributed by atoms with E-state index in [0.29, 0.717) is 13.1 Å². The number of nitrogens with zero attached hydrogens (tertiary/aromatic N) is 2. The van der Waals surface area contributed by atoms with Crippen molar-refractivity contribution in [2.75, 3.05) is 32.7 Å². The second-order valence-corrected chi connectivity index (χ2v) is 7.80. The number of hydrogen-bond acceptors (Lipinski definition) is 4. The number of halogens is 1. The summed E-state index contributed by atoms with van der Waals surface area (Å²) in [4.78, 5) is 27.7. The van der Waals surface area contributed by atoms with Gasteiger partial charge in [0.05, 0.1) is 19.1 Å². The molecule has 0 radical (unpaired) electrons. The first-order chi connectivity index (χ1) is 13.3. The number of benzene rings is 1. The maximum Gasteiger partial charge on any atom is 0.317 e. The number of carboxylic acids is 1. The van der Waals surface area contributed by atoms with Crippen LogP contribution in [0, 0.1) is 11.7 Å². The van der Waals surface area contributed by atoms with E-state index < -0.39 is 5.97 Å². The molecule has 1 saturated heterocycles. The van der Waals surface area contributed by atoms with Crippen LogP contribution in [0.3, 0.4) is 0 Å². The van der Waals surface area contributed by atoms with E-state index in [1.165, 1.54) is 12.1 Å². The predicted molar refractivity (Wildman–Crippen MR) is 106 cm³/mol. The Labute approximate surface area is 166 Å². The van der Waals surface area contributed by atoms with Gasteiger partial charge in [-0.05, 0) is 43.0 Å². The zero-order chi connectivity index (χ0) is 20.7. The number of carbonyl (C=O) groups excluding carboxylic acids is 1. The minimum Gasteiger partial charge on any atom is -0.480 e. The first-order valence-electron chi connectivity index (χ1n) is 10.0. The number of likely N-dealkylation sites (tertiary alicyclic amines) is 1. The maximum absolute atomic E-state index is 13.2. The second-order valence-electron chi connectivity index (χ2n) is 7.80. The Morgan fingerprint density at radius 1 is 1.25 bits per heavy atom. The summed E-state index contributed by atoms with van der Waals surface area (Å²) in [5.41, 5.74) is 0.899. The van der Waals surface area contributed by atoms with Gasteiger partial charge < -0.3 is 10.4 Å². The highest BCUT2D eigenvalue weighted by Gasteiger charge is 2.26. The van der Waals surface area contributed by atoms with Crippen molar-refractivity contribution in [2.24, 2.45) is 5.92 Å². The highest BCUT2D eigenvalue weighted by molar-refractivity contribution is 5.78. The number of carbonyl (C=O) groups is 2. The summed E-state index contributed by atoms with van der Waals surface area (Å²) in [6.07, 6.45) is 1.72. The highest BCUT2D eigenvalue weighted by Crippen LogP contribution is 2.22. The van der Waals surface area contributed by atoms with Gasteiger partial charge in [0.25, 0.3) is 0 Å². The summed E-state index contributed by atoms with van der Waals surface area (Å²) < 4.78 is 13.2. The van der Waals surface area contributed by atoms with E-state index in [0.717, 1.165) is 31.5 Å². The van der Waals surface area contributed by atoms with E-state index in [-0.39, 0.29) is 36.3 Å². The Morgan fingerprint density at radius 3 is 2.36 bits per heavy atom. The van der Waals surface area contributed by atoms with Gasteiger partial charge in [0.15, 0.2) is 0 Å². The third-order valence-electron chi connectivity index (χ3n) is 5.40. The molecule has 28 heavy (non-hydrogen) atoms. The van der Waals surface area contributed by atoms with Crippen molar-refractivity contribution in [1.29, 1.82) is 0 Å². The predicted octanol–water partition coefficient (Wildman–Crippen LogP) is 2.51. The molecule has 1 aromatic carbocycles. The van der Waals surface area contributed by atoms with Crippen LogP contribution in [0.4, 0.5) is 4.39 Å². The summed E-state index contributed by atoms with van der Waals surface area (Å²) >= 11 is 0. The lowest BCUT2D eigenvalue weighted by molar-refractivity contribution is -0.139. The van der Waals surface area contributed by atoms with Crippen molar-refractivity contribution in [3.63, 3.8) is 0 Å². The fourth-order valence-electron chi connectivity index (χ4n) is 3.84. The van der Waals surface area contributed by atoms with E-state index in [9.17, 15) is 14.0 Å². The first-order valence-corrected chi connectivity index (χ1v) is 10.0. The molecule has 0 aromatic heterocycles. The van der Waals surface area contributed by atoms with Crippen molar-refractivity contribution >= 4 is 11.9 Å². The molecule has 2 N–H and O–H groups in total. The molecule has 0 bridgehead atoms. The Hall–Kier alpha value is -1.99. The Kier molecular flexibility index (Phi) is 8.38. The van der Waals surface area contributed by atoms with Gasteiger partial charge in [0.1, 0.15) is 5.82 Å². The molecule has 0 aliphatic carbocycles. The number of nitrogens with one attached hydrogen (secondary N) is 1. The Morgan fingerprint density at radius 2 is 1.86 bits per heavy atom. The molecule has 1 heterocycles. The lowest BCUT2D eigenvalue weighted by atomic mass is 9.96. The maximum atomic E-state index is 13.2. The third kappa shape index (κ3) is 6.56.